The van der Waals surface area contributed by atoms with E-state index < -0.39 is 0 Å². The lowest BCUT2D eigenvalue weighted by Gasteiger charge is -2.30. The van der Waals surface area contributed by atoms with E-state index in [4.69, 9.17) is 14.2 Å². The molecule has 0 saturated carbocycles. The van der Waals surface area contributed by atoms with Gasteiger partial charge in [-0.15, -0.1) is 0 Å². The standard InChI is InChI=1S/C29H35NO3/c1-6-22-9-8-21(16-26(22)31-4)12-14-33-28-18-25-23(17-27(28)32-5)11-13-30-29(25)24-10-7-19(2)15-20(24)3/h7-10,15-18,29-30H,6,11-14H2,1-5H3. The molecule has 33 heavy (non-hydrogen) atoms. The Morgan fingerprint density at radius 3 is 2.42 bits per heavy atom. The van der Waals surface area contributed by atoms with Gasteiger partial charge < -0.3 is 19.5 Å². The van der Waals surface area contributed by atoms with Crippen molar-refractivity contribution in [2.45, 2.75) is 46.1 Å². The summed E-state index contributed by atoms with van der Waals surface area (Å²) in [7, 11) is 3.44. The number of fused-ring (bicyclic) bond motifs is 1. The molecule has 0 spiro atoms. The molecule has 4 nitrogen and oxygen atoms in total. The summed E-state index contributed by atoms with van der Waals surface area (Å²) in [4.78, 5) is 0. The lowest BCUT2D eigenvalue weighted by atomic mass is 9.87. The smallest absolute Gasteiger partial charge is 0.161 e. The highest BCUT2D eigenvalue weighted by Gasteiger charge is 2.25. The highest BCUT2D eigenvalue weighted by atomic mass is 16.5. The molecule has 0 amide bonds. The first-order valence-electron chi connectivity index (χ1n) is 11.8. The van der Waals surface area contributed by atoms with Crippen molar-refractivity contribution in [2.24, 2.45) is 0 Å². The van der Waals surface area contributed by atoms with Gasteiger partial charge in [0, 0.05) is 13.0 Å². The lowest BCUT2D eigenvalue weighted by Crippen LogP contribution is -2.31. The molecule has 3 aromatic rings. The third-order valence-corrected chi connectivity index (χ3v) is 6.60. The van der Waals surface area contributed by atoms with Crippen molar-refractivity contribution in [3.05, 3.63) is 87.5 Å². The highest BCUT2D eigenvalue weighted by molar-refractivity contribution is 5.52. The molecule has 0 saturated heterocycles. The van der Waals surface area contributed by atoms with Crippen LogP contribution >= 0.6 is 0 Å². The van der Waals surface area contributed by atoms with Crippen LogP contribution in [0.4, 0.5) is 0 Å². The molecule has 0 radical (unpaired) electrons. The van der Waals surface area contributed by atoms with Crippen LogP contribution in [-0.4, -0.2) is 27.4 Å². The van der Waals surface area contributed by atoms with E-state index in [-0.39, 0.29) is 6.04 Å². The summed E-state index contributed by atoms with van der Waals surface area (Å²) in [6, 6.07) is 17.6. The predicted octanol–water partition coefficient (Wildman–Crippen LogP) is 5.74. The van der Waals surface area contributed by atoms with Gasteiger partial charge in [-0.25, -0.2) is 0 Å². The maximum absolute atomic E-state index is 6.27. The quantitative estimate of drug-likeness (QED) is 0.480. The van der Waals surface area contributed by atoms with Crippen LogP contribution in [0.3, 0.4) is 0 Å². The summed E-state index contributed by atoms with van der Waals surface area (Å²) in [6.45, 7) is 8.00. The van der Waals surface area contributed by atoms with Crippen LogP contribution in [0.15, 0.2) is 48.5 Å². The van der Waals surface area contributed by atoms with Crippen molar-refractivity contribution in [3.63, 3.8) is 0 Å². The minimum Gasteiger partial charge on any atom is -0.496 e. The molecule has 4 rings (SSSR count). The van der Waals surface area contributed by atoms with Crippen molar-refractivity contribution in [1.82, 2.24) is 5.32 Å². The summed E-state index contributed by atoms with van der Waals surface area (Å²) in [5.74, 6) is 2.55. The van der Waals surface area contributed by atoms with Crippen LogP contribution < -0.4 is 19.5 Å². The van der Waals surface area contributed by atoms with E-state index in [9.17, 15) is 0 Å². The van der Waals surface area contributed by atoms with E-state index in [1.54, 1.807) is 14.2 Å². The van der Waals surface area contributed by atoms with Crippen LogP contribution in [0, 0.1) is 13.8 Å². The van der Waals surface area contributed by atoms with Gasteiger partial charge in [-0.1, -0.05) is 42.8 Å². The van der Waals surface area contributed by atoms with Crippen LogP contribution in [-0.2, 0) is 19.3 Å². The van der Waals surface area contributed by atoms with Crippen LogP contribution in [0.25, 0.3) is 0 Å². The van der Waals surface area contributed by atoms with Crippen molar-refractivity contribution in [1.29, 1.82) is 0 Å². The average molecular weight is 446 g/mol. The van der Waals surface area contributed by atoms with Gasteiger partial charge in [-0.05, 0) is 78.3 Å². The van der Waals surface area contributed by atoms with E-state index in [0.717, 1.165) is 43.1 Å². The number of benzene rings is 3. The van der Waals surface area contributed by atoms with Crippen LogP contribution in [0.5, 0.6) is 17.2 Å². The molecule has 1 heterocycles. The molecule has 4 heteroatoms. The summed E-state index contributed by atoms with van der Waals surface area (Å²) in [6.07, 6.45) is 2.75. The van der Waals surface area contributed by atoms with Gasteiger partial charge in [-0.2, -0.15) is 0 Å². The fraction of sp³-hybridized carbons (Fsp3) is 0.379. The average Bonchev–Trinajstić information content (AvgIpc) is 2.83. The Morgan fingerprint density at radius 2 is 1.70 bits per heavy atom. The molecule has 1 unspecified atom stereocenters. The fourth-order valence-electron chi connectivity index (χ4n) is 4.78. The summed E-state index contributed by atoms with van der Waals surface area (Å²) in [5, 5.41) is 3.71. The van der Waals surface area contributed by atoms with Crippen molar-refractivity contribution >= 4 is 0 Å². The molecule has 1 atom stereocenters. The predicted molar refractivity (Wildman–Crippen MR) is 134 cm³/mol. The highest BCUT2D eigenvalue weighted by Crippen LogP contribution is 2.38. The molecule has 0 fully saturated rings. The molecule has 0 bridgehead atoms. The van der Waals surface area contributed by atoms with Gasteiger partial charge in [0.25, 0.3) is 0 Å². The molecule has 1 aliphatic rings. The van der Waals surface area contributed by atoms with E-state index in [1.807, 2.05) is 0 Å². The summed E-state index contributed by atoms with van der Waals surface area (Å²) < 4.78 is 17.5. The van der Waals surface area contributed by atoms with Crippen LogP contribution in [0.1, 0.15) is 51.9 Å². The van der Waals surface area contributed by atoms with Gasteiger partial charge in [0.2, 0.25) is 0 Å². The van der Waals surface area contributed by atoms with E-state index in [1.165, 1.54) is 38.9 Å². The van der Waals surface area contributed by atoms with Crippen molar-refractivity contribution in [2.75, 3.05) is 27.4 Å². The van der Waals surface area contributed by atoms with E-state index >= 15 is 0 Å². The molecular weight excluding hydrogens is 410 g/mol. The Morgan fingerprint density at radius 1 is 0.879 bits per heavy atom. The number of hydrogen-bond donors (Lipinski definition) is 1. The molecule has 1 aliphatic heterocycles. The first kappa shape index (κ1) is 23.2. The number of methoxy groups -OCH3 is 2. The number of rotatable bonds is 8. The minimum atomic E-state index is 0.161. The number of nitrogens with one attached hydrogen (secondary N) is 1. The third-order valence-electron chi connectivity index (χ3n) is 6.60. The molecule has 1 N–H and O–H groups in total. The zero-order chi connectivity index (χ0) is 23.4. The second-order valence-corrected chi connectivity index (χ2v) is 8.80. The Hall–Kier alpha value is -2.98. The zero-order valence-electron chi connectivity index (χ0n) is 20.5. The van der Waals surface area contributed by atoms with Gasteiger partial charge in [-0.3, -0.25) is 0 Å². The fourth-order valence-corrected chi connectivity index (χ4v) is 4.78. The van der Waals surface area contributed by atoms with E-state index in [0.29, 0.717) is 6.61 Å². The third kappa shape index (κ3) is 5.01. The normalized spacial score (nSPS) is 15.1. The molecular formula is C29H35NO3. The molecule has 174 valence electrons. The van der Waals surface area contributed by atoms with Gasteiger partial charge in [0.1, 0.15) is 5.75 Å². The van der Waals surface area contributed by atoms with Crippen molar-refractivity contribution < 1.29 is 14.2 Å². The summed E-state index contributed by atoms with van der Waals surface area (Å²) >= 11 is 0. The maximum Gasteiger partial charge on any atom is 0.161 e. The van der Waals surface area contributed by atoms with E-state index in [2.05, 4.69) is 74.6 Å². The first-order chi connectivity index (χ1) is 16.0. The Kier molecular flexibility index (Phi) is 7.24. The number of hydrogen-bond acceptors (Lipinski definition) is 4. The topological polar surface area (TPSA) is 39.7 Å². The summed E-state index contributed by atoms with van der Waals surface area (Å²) in [5.41, 5.74) is 8.94. The second kappa shape index (κ2) is 10.3. The number of aryl methyl sites for hydroxylation is 3. The number of ether oxygens (including phenoxy) is 3. The molecule has 3 aromatic carbocycles. The second-order valence-electron chi connectivity index (χ2n) is 8.80. The Bertz CT molecular complexity index is 1120. The largest absolute Gasteiger partial charge is 0.496 e. The lowest BCUT2D eigenvalue weighted by molar-refractivity contribution is 0.296. The SMILES string of the molecule is CCc1ccc(CCOc2cc3c(cc2OC)CCNC3c2ccc(C)cc2C)cc1OC. The Labute approximate surface area is 197 Å². The van der Waals surface area contributed by atoms with Crippen molar-refractivity contribution in [3.8, 4) is 17.2 Å². The first-order valence-corrected chi connectivity index (χ1v) is 11.8. The maximum atomic E-state index is 6.27. The molecule has 0 aliphatic carbocycles. The minimum absolute atomic E-state index is 0.161. The zero-order valence-corrected chi connectivity index (χ0v) is 20.5. The van der Waals surface area contributed by atoms with Crippen LogP contribution in [0.2, 0.25) is 0 Å². The van der Waals surface area contributed by atoms with Gasteiger partial charge in [0.05, 0.1) is 26.9 Å². The van der Waals surface area contributed by atoms with Gasteiger partial charge >= 0.3 is 0 Å². The van der Waals surface area contributed by atoms with Gasteiger partial charge in [0.15, 0.2) is 11.5 Å². The molecule has 0 aromatic heterocycles. The Balaban J connectivity index is 1.56. The monoisotopic (exact) mass is 445 g/mol.